The van der Waals surface area contributed by atoms with Gasteiger partial charge in [0.2, 0.25) is 0 Å². The van der Waals surface area contributed by atoms with Gasteiger partial charge in [-0.3, -0.25) is 4.99 Å². The number of nitrogens with two attached hydrogens (primary N) is 1. The van der Waals surface area contributed by atoms with Crippen LogP contribution in [0, 0.1) is 5.92 Å². The van der Waals surface area contributed by atoms with Crippen LogP contribution in [0.3, 0.4) is 0 Å². The predicted octanol–water partition coefficient (Wildman–Crippen LogP) is 1.09. The minimum Gasteiger partial charge on any atom is -0.382 e. The first-order valence-corrected chi connectivity index (χ1v) is 6.85. The fourth-order valence-corrected chi connectivity index (χ4v) is 1.94. The molecule has 1 heterocycles. The molecule has 0 atom stereocenters. The topological polar surface area (TPSA) is 60.1 Å². The summed E-state index contributed by atoms with van der Waals surface area (Å²) in [5.74, 6) is 1.52. The Labute approximate surface area is 110 Å². The molecule has 1 aliphatic rings. The predicted molar refractivity (Wildman–Crippen MR) is 73.8 cm³/mol. The van der Waals surface area contributed by atoms with Crippen molar-refractivity contribution in [3.8, 4) is 0 Å². The molecule has 5 nitrogen and oxygen atoms in total. The third-order valence-electron chi connectivity index (χ3n) is 3.26. The van der Waals surface area contributed by atoms with Gasteiger partial charge in [0, 0.05) is 33.4 Å². The monoisotopic (exact) mass is 257 g/mol. The molecule has 1 saturated heterocycles. The Bertz CT molecular complexity index is 238. The Morgan fingerprint density at radius 3 is 2.67 bits per heavy atom. The third kappa shape index (κ3) is 6.21. The molecule has 1 rings (SSSR count). The quantitative estimate of drug-likeness (QED) is 0.421. The van der Waals surface area contributed by atoms with Crippen molar-refractivity contribution in [2.45, 2.75) is 26.2 Å². The number of likely N-dealkylation sites (tertiary alicyclic amines) is 1. The fraction of sp³-hybridized carbons (Fsp3) is 0.923. The molecule has 1 fully saturated rings. The second kappa shape index (κ2) is 9.16. The molecule has 0 bridgehead atoms. The summed E-state index contributed by atoms with van der Waals surface area (Å²) in [4.78, 5) is 6.59. The highest BCUT2D eigenvalue weighted by atomic mass is 16.5. The molecule has 1 aliphatic heterocycles. The van der Waals surface area contributed by atoms with Crippen LogP contribution >= 0.6 is 0 Å². The number of methoxy groups -OCH3 is 1. The maximum Gasteiger partial charge on any atom is 0.191 e. The smallest absolute Gasteiger partial charge is 0.191 e. The van der Waals surface area contributed by atoms with Crippen LogP contribution in [0.1, 0.15) is 26.2 Å². The summed E-state index contributed by atoms with van der Waals surface area (Å²) in [5, 5.41) is 0. The fourth-order valence-electron chi connectivity index (χ4n) is 1.94. The number of piperidine rings is 1. The number of ether oxygens (including phenoxy) is 2. The molecular formula is C13H27N3O2. The van der Waals surface area contributed by atoms with Crippen LogP contribution in [0.2, 0.25) is 0 Å². The van der Waals surface area contributed by atoms with Crippen LogP contribution in [-0.2, 0) is 9.47 Å². The average molecular weight is 257 g/mol. The van der Waals surface area contributed by atoms with Gasteiger partial charge < -0.3 is 20.1 Å². The van der Waals surface area contributed by atoms with E-state index in [2.05, 4.69) is 16.8 Å². The van der Waals surface area contributed by atoms with Crippen molar-refractivity contribution >= 4 is 5.96 Å². The summed E-state index contributed by atoms with van der Waals surface area (Å²) in [5.41, 5.74) is 5.97. The number of hydrogen-bond donors (Lipinski definition) is 1. The first kappa shape index (κ1) is 15.2. The number of hydrogen-bond acceptors (Lipinski definition) is 3. The molecule has 5 heteroatoms. The van der Waals surface area contributed by atoms with Crippen LogP contribution in [0.4, 0.5) is 0 Å². The average Bonchev–Trinajstić information content (AvgIpc) is 2.38. The van der Waals surface area contributed by atoms with Crippen molar-refractivity contribution in [2.75, 3.05) is 46.6 Å². The lowest BCUT2D eigenvalue weighted by Gasteiger charge is -2.31. The summed E-state index contributed by atoms with van der Waals surface area (Å²) in [7, 11) is 1.67. The van der Waals surface area contributed by atoms with Crippen LogP contribution in [-0.4, -0.2) is 57.4 Å². The van der Waals surface area contributed by atoms with E-state index in [1.807, 2.05) is 0 Å². The second-order valence-corrected chi connectivity index (χ2v) is 4.87. The number of rotatable bonds is 7. The zero-order valence-corrected chi connectivity index (χ0v) is 11.7. The zero-order chi connectivity index (χ0) is 13.2. The summed E-state index contributed by atoms with van der Waals surface area (Å²) < 4.78 is 10.3. The van der Waals surface area contributed by atoms with E-state index in [9.17, 15) is 0 Å². The zero-order valence-electron chi connectivity index (χ0n) is 11.7. The Balaban J connectivity index is 2.06. The molecular weight excluding hydrogens is 230 g/mol. The van der Waals surface area contributed by atoms with Gasteiger partial charge in [-0.05, 0) is 25.2 Å². The molecule has 0 radical (unpaired) electrons. The Morgan fingerprint density at radius 2 is 2.00 bits per heavy atom. The lowest BCUT2D eigenvalue weighted by Crippen LogP contribution is -2.42. The molecule has 106 valence electrons. The molecule has 0 spiro atoms. The van der Waals surface area contributed by atoms with E-state index in [0.717, 1.165) is 38.6 Å². The lowest BCUT2D eigenvalue weighted by molar-refractivity contribution is 0.0702. The van der Waals surface area contributed by atoms with Gasteiger partial charge in [-0.2, -0.15) is 0 Å². The van der Waals surface area contributed by atoms with E-state index < -0.39 is 0 Å². The van der Waals surface area contributed by atoms with Gasteiger partial charge in [0.25, 0.3) is 0 Å². The molecule has 0 aromatic rings. The highest BCUT2D eigenvalue weighted by molar-refractivity contribution is 5.78. The Morgan fingerprint density at radius 1 is 1.28 bits per heavy atom. The van der Waals surface area contributed by atoms with E-state index in [-0.39, 0.29) is 0 Å². The Kier molecular flexibility index (Phi) is 7.76. The van der Waals surface area contributed by atoms with Crippen molar-refractivity contribution in [1.82, 2.24) is 4.90 Å². The maximum absolute atomic E-state index is 5.97. The van der Waals surface area contributed by atoms with Crippen LogP contribution in [0.5, 0.6) is 0 Å². The van der Waals surface area contributed by atoms with E-state index in [0.29, 0.717) is 19.2 Å². The van der Waals surface area contributed by atoms with E-state index >= 15 is 0 Å². The van der Waals surface area contributed by atoms with E-state index in [1.54, 1.807) is 7.11 Å². The number of guanidine groups is 1. The highest BCUT2D eigenvalue weighted by Crippen LogP contribution is 2.15. The van der Waals surface area contributed by atoms with Crippen molar-refractivity contribution < 1.29 is 9.47 Å². The van der Waals surface area contributed by atoms with Gasteiger partial charge in [0.05, 0.1) is 13.2 Å². The molecule has 0 saturated carbocycles. The summed E-state index contributed by atoms with van der Waals surface area (Å²) >= 11 is 0. The first-order valence-electron chi connectivity index (χ1n) is 6.85. The third-order valence-corrected chi connectivity index (χ3v) is 3.26. The normalized spacial score (nSPS) is 18.3. The molecule has 18 heavy (non-hydrogen) atoms. The van der Waals surface area contributed by atoms with Gasteiger partial charge in [-0.25, -0.2) is 0 Å². The second-order valence-electron chi connectivity index (χ2n) is 4.87. The molecule has 2 N–H and O–H groups in total. The minimum absolute atomic E-state index is 0.650. The molecule has 0 aliphatic carbocycles. The van der Waals surface area contributed by atoms with Crippen molar-refractivity contribution in [2.24, 2.45) is 16.6 Å². The SMILES string of the molecule is COCCOCCCN=C(N)N1CCC(C)CC1. The van der Waals surface area contributed by atoms with Gasteiger partial charge in [-0.1, -0.05) is 6.92 Å². The van der Waals surface area contributed by atoms with Crippen LogP contribution in [0.15, 0.2) is 4.99 Å². The number of aliphatic imine (C=N–C) groups is 1. The Hall–Kier alpha value is -0.810. The van der Waals surface area contributed by atoms with Gasteiger partial charge in [0.15, 0.2) is 5.96 Å². The van der Waals surface area contributed by atoms with Crippen molar-refractivity contribution in [3.05, 3.63) is 0 Å². The first-order chi connectivity index (χ1) is 8.74. The minimum atomic E-state index is 0.650. The van der Waals surface area contributed by atoms with Crippen molar-refractivity contribution in [1.29, 1.82) is 0 Å². The molecule has 0 aromatic heterocycles. The lowest BCUT2D eigenvalue weighted by atomic mass is 10.00. The summed E-state index contributed by atoms with van der Waals surface area (Å²) in [6.07, 6.45) is 3.35. The highest BCUT2D eigenvalue weighted by Gasteiger charge is 2.16. The molecule has 0 aromatic carbocycles. The van der Waals surface area contributed by atoms with Gasteiger partial charge in [0.1, 0.15) is 0 Å². The van der Waals surface area contributed by atoms with E-state index in [4.69, 9.17) is 15.2 Å². The maximum atomic E-state index is 5.97. The number of nitrogens with zero attached hydrogens (tertiary/aromatic N) is 2. The molecule has 0 amide bonds. The van der Waals surface area contributed by atoms with Gasteiger partial charge in [-0.15, -0.1) is 0 Å². The van der Waals surface area contributed by atoms with E-state index in [1.165, 1.54) is 12.8 Å². The van der Waals surface area contributed by atoms with Crippen LogP contribution in [0.25, 0.3) is 0 Å². The van der Waals surface area contributed by atoms with Gasteiger partial charge >= 0.3 is 0 Å². The van der Waals surface area contributed by atoms with Crippen LogP contribution < -0.4 is 5.73 Å². The largest absolute Gasteiger partial charge is 0.382 e. The standard InChI is InChI=1S/C13H27N3O2/c1-12-4-7-16(8-5-12)13(14)15-6-3-9-18-11-10-17-2/h12H,3-11H2,1-2H3,(H2,14,15). The van der Waals surface area contributed by atoms with Crippen molar-refractivity contribution in [3.63, 3.8) is 0 Å². The summed E-state index contributed by atoms with van der Waals surface area (Å²) in [6, 6.07) is 0. The molecule has 0 unspecified atom stereocenters. The summed E-state index contributed by atoms with van der Waals surface area (Å²) in [6.45, 7) is 7.14.